The van der Waals surface area contributed by atoms with E-state index >= 15 is 0 Å². The fourth-order valence-electron chi connectivity index (χ4n) is 2.50. The second-order valence-electron chi connectivity index (χ2n) is 4.92. The first-order chi connectivity index (χ1) is 8.83. The summed E-state index contributed by atoms with van der Waals surface area (Å²) >= 11 is 0. The number of aromatic nitrogens is 2. The Morgan fingerprint density at radius 3 is 3.00 bits per heavy atom. The van der Waals surface area contributed by atoms with Crippen LogP contribution >= 0.6 is 0 Å². The molecule has 0 saturated carbocycles. The van der Waals surface area contributed by atoms with Gasteiger partial charge in [-0.2, -0.15) is 4.98 Å². The normalized spacial score (nSPS) is 20.5. The van der Waals surface area contributed by atoms with Crippen LogP contribution in [0.1, 0.15) is 44.8 Å². The summed E-state index contributed by atoms with van der Waals surface area (Å²) in [7, 11) is 0. The number of hydrogen-bond donors (Lipinski definition) is 1. The number of rotatable bonds is 6. The first kappa shape index (κ1) is 13.5. The van der Waals surface area contributed by atoms with Crippen LogP contribution < -0.4 is 5.32 Å². The molecular weight excluding hydrogens is 228 g/mol. The van der Waals surface area contributed by atoms with Gasteiger partial charge in [-0.1, -0.05) is 19.0 Å². The van der Waals surface area contributed by atoms with Crippen molar-refractivity contribution in [2.24, 2.45) is 0 Å². The SMILES string of the molecule is CCCc1noc(CN(CC)C2CCCNC2)n1. The minimum Gasteiger partial charge on any atom is -0.338 e. The van der Waals surface area contributed by atoms with E-state index in [1.165, 1.54) is 12.8 Å². The van der Waals surface area contributed by atoms with Crippen molar-refractivity contribution >= 4 is 0 Å². The van der Waals surface area contributed by atoms with Crippen molar-refractivity contribution in [1.82, 2.24) is 20.4 Å². The van der Waals surface area contributed by atoms with Crippen LogP contribution in [0.2, 0.25) is 0 Å². The van der Waals surface area contributed by atoms with Crippen LogP contribution in [0.4, 0.5) is 0 Å². The maximum absolute atomic E-state index is 5.32. The number of aryl methyl sites for hydroxylation is 1. The molecule has 1 aromatic rings. The minimum absolute atomic E-state index is 0.602. The molecule has 1 unspecified atom stereocenters. The number of nitrogens with one attached hydrogen (secondary N) is 1. The van der Waals surface area contributed by atoms with Gasteiger partial charge < -0.3 is 9.84 Å². The number of likely N-dealkylation sites (N-methyl/N-ethyl adjacent to an activating group) is 1. The maximum atomic E-state index is 5.32. The van der Waals surface area contributed by atoms with Crippen LogP contribution in [0, 0.1) is 0 Å². The Hall–Kier alpha value is -0.940. The molecule has 0 spiro atoms. The van der Waals surface area contributed by atoms with E-state index in [1.807, 2.05) is 0 Å². The topological polar surface area (TPSA) is 54.2 Å². The number of piperidine rings is 1. The Labute approximate surface area is 109 Å². The standard InChI is InChI=1S/C13H24N4O/c1-3-6-12-15-13(18-16-12)10-17(4-2)11-7-5-8-14-9-11/h11,14H,3-10H2,1-2H3. The van der Waals surface area contributed by atoms with Gasteiger partial charge in [0.25, 0.3) is 0 Å². The van der Waals surface area contributed by atoms with E-state index in [-0.39, 0.29) is 0 Å². The van der Waals surface area contributed by atoms with Crippen LogP contribution in [0.25, 0.3) is 0 Å². The molecule has 0 bridgehead atoms. The largest absolute Gasteiger partial charge is 0.338 e. The second kappa shape index (κ2) is 6.85. The smallest absolute Gasteiger partial charge is 0.240 e. The highest BCUT2D eigenvalue weighted by Crippen LogP contribution is 2.13. The van der Waals surface area contributed by atoms with Gasteiger partial charge in [0.15, 0.2) is 5.82 Å². The molecule has 5 nitrogen and oxygen atoms in total. The molecule has 102 valence electrons. The molecule has 1 fully saturated rings. The fraction of sp³-hybridized carbons (Fsp3) is 0.846. The molecule has 0 amide bonds. The van der Waals surface area contributed by atoms with E-state index in [9.17, 15) is 0 Å². The van der Waals surface area contributed by atoms with Crippen molar-refractivity contribution in [3.05, 3.63) is 11.7 Å². The highest BCUT2D eigenvalue weighted by atomic mass is 16.5. The zero-order chi connectivity index (χ0) is 12.8. The van der Waals surface area contributed by atoms with Gasteiger partial charge in [-0.15, -0.1) is 0 Å². The van der Waals surface area contributed by atoms with Crippen LogP contribution in [0.5, 0.6) is 0 Å². The lowest BCUT2D eigenvalue weighted by molar-refractivity contribution is 0.147. The molecule has 5 heteroatoms. The van der Waals surface area contributed by atoms with Crippen LogP contribution in [0.15, 0.2) is 4.52 Å². The van der Waals surface area contributed by atoms with Gasteiger partial charge in [-0.3, -0.25) is 4.90 Å². The van der Waals surface area contributed by atoms with Gasteiger partial charge in [-0.05, 0) is 32.4 Å². The Balaban J connectivity index is 1.91. The summed E-state index contributed by atoms with van der Waals surface area (Å²) in [4.78, 5) is 6.87. The molecule has 1 atom stereocenters. The van der Waals surface area contributed by atoms with E-state index in [0.717, 1.165) is 50.7 Å². The van der Waals surface area contributed by atoms with Crippen molar-refractivity contribution in [2.75, 3.05) is 19.6 Å². The Kier molecular flexibility index (Phi) is 5.13. The predicted molar refractivity (Wildman–Crippen MR) is 70.3 cm³/mol. The molecular formula is C13H24N4O. The van der Waals surface area contributed by atoms with Gasteiger partial charge in [-0.25, -0.2) is 0 Å². The third-order valence-corrected chi connectivity index (χ3v) is 3.52. The molecule has 0 radical (unpaired) electrons. The molecule has 2 rings (SSSR count). The summed E-state index contributed by atoms with van der Waals surface area (Å²) in [5.74, 6) is 1.59. The quantitative estimate of drug-likeness (QED) is 0.833. The summed E-state index contributed by atoms with van der Waals surface area (Å²) in [5, 5.41) is 7.46. The van der Waals surface area contributed by atoms with E-state index in [2.05, 4.69) is 34.2 Å². The third kappa shape index (κ3) is 3.53. The highest BCUT2D eigenvalue weighted by molar-refractivity contribution is 4.88. The van der Waals surface area contributed by atoms with Crippen LogP contribution in [0.3, 0.4) is 0 Å². The van der Waals surface area contributed by atoms with Gasteiger partial charge in [0.05, 0.1) is 6.54 Å². The van der Waals surface area contributed by atoms with Crippen molar-refractivity contribution in [1.29, 1.82) is 0 Å². The van der Waals surface area contributed by atoms with E-state index in [0.29, 0.717) is 6.04 Å². The minimum atomic E-state index is 0.602. The number of hydrogen-bond acceptors (Lipinski definition) is 5. The monoisotopic (exact) mass is 252 g/mol. The summed E-state index contributed by atoms with van der Waals surface area (Å²) in [6, 6.07) is 0.602. The predicted octanol–water partition coefficient (Wildman–Crippen LogP) is 1.60. The van der Waals surface area contributed by atoms with Crippen LogP contribution in [-0.2, 0) is 13.0 Å². The lowest BCUT2D eigenvalue weighted by atomic mass is 10.1. The molecule has 1 saturated heterocycles. The average molecular weight is 252 g/mol. The molecule has 1 aliphatic heterocycles. The summed E-state index contributed by atoms with van der Waals surface area (Å²) in [5.41, 5.74) is 0. The maximum Gasteiger partial charge on any atom is 0.240 e. The van der Waals surface area contributed by atoms with Crippen molar-refractivity contribution < 1.29 is 4.52 Å². The highest BCUT2D eigenvalue weighted by Gasteiger charge is 2.21. The van der Waals surface area contributed by atoms with Gasteiger partial charge in [0.2, 0.25) is 5.89 Å². The Bertz CT molecular complexity index is 347. The molecule has 1 aliphatic rings. The molecule has 0 aliphatic carbocycles. The molecule has 18 heavy (non-hydrogen) atoms. The number of nitrogens with zero attached hydrogens (tertiary/aromatic N) is 3. The van der Waals surface area contributed by atoms with Gasteiger partial charge >= 0.3 is 0 Å². The Morgan fingerprint density at radius 1 is 1.44 bits per heavy atom. The summed E-state index contributed by atoms with van der Waals surface area (Å²) < 4.78 is 5.32. The van der Waals surface area contributed by atoms with E-state index in [4.69, 9.17) is 4.52 Å². The molecule has 1 N–H and O–H groups in total. The molecule has 0 aromatic carbocycles. The van der Waals surface area contributed by atoms with Gasteiger partial charge in [0.1, 0.15) is 0 Å². The molecule has 1 aromatic heterocycles. The third-order valence-electron chi connectivity index (χ3n) is 3.52. The first-order valence-electron chi connectivity index (χ1n) is 7.09. The van der Waals surface area contributed by atoms with E-state index in [1.54, 1.807) is 0 Å². The van der Waals surface area contributed by atoms with Gasteiger partial charge in [0, 0.05) is 19.0 Å². The van der Waals surface area contributed by atoms with Crippen LogP contribution in [-0.4, -0.2) is 40.7 Å². The lowest BCUT2D eigenvalue weighted by Crippen LogP contribution is -2.45. The second-order valence-corrected chi connectivity index (χ2v) is 4.92. The fourth-order valence-corrected chi connectivity index (χ4v) is 2.50. The summed E-state index contributed by atoms with van der Waals surface area (Å²) in [6.07, 6.45) is 4.48. The van der Waals surface area contributed by atoms with Crippen molar-refractivity contribution in [3.8, 4) is 0 Å². The zero-order valence-corrected chi connectivity index (χ0v) is 11.5. The Morgan fingerprint density at radius 2 is 2.33 bits per heavy atom. The summed E-state index contributed by atoms with van der Waals surface area (Å²) in [6.45, 7) is 8.34. The first-order valence-corrected chi connectivity index (χ1v) is 7.09. The van der Waals surface area contributed by atoms with Crippen molar-refractivity contribution in [3.63, 3.8) is 0 Å². The zero-order valence-electron chi connectivity index (χ0n) is 11.5. The molecule has 2 heterocycles. The lowest BCUT2D eigenvalue weighted by Gasteiger charge is -2.32. The van der Waals surface area contributed by atoms with Crippen molar-refractivity contribution in [2.45, 2.75) is 52.1 Å². The average Bonchev–Trinajstić information content (AvgIpc) is 2.85. The van der Waals surface area contributed by atoms with E-state index < -0.39 is 0 Å².